The van der Waals surface area contributed by atoms with Gasteiger partial charge in [-0.15, -0.1) is 0 Å². The third kappa shape index (κ3) is 6.88. The van der Waals surface area contributed by atoms with Gasteiger partial charge in [0.05, 0.1) is 0 Å². The van der Waals surface area contributed by atoms with Gasteiger partial charge in [-0.05, 0) is 24.8 Å². The topological polar surface area (TPSA) is 82.6 Å². The van der Waals surface area contributed by atoms with Gasteiger partial charge in [-0.3, -0.25) is 4.79 Å². The van der Waals surface area contributed by atoms with Gasteiger partial charge >= 0.3 is 6.03 Å². The van der Waals surface area contributed by atoms with Gasteiger partial charge in [0, 0.05) is 12.8 Å². The molecule has 0 saturated carbocycles. The van der Waals surface area contributed by atoms with Gasteiger partial charge in [0.2, 0.25) is 5.91 Å². The van der Waals surface area contributed by atoms with Crippen molar-refractivity contribution in [1.29, 1.82) is 0 Å². The number of nitrogens with one attached hydrogen (secondary N) is 3. The van der Waals surface area contributed by atoms with Gasteiger partial charge in [-0.25, -0.2) is 10.2 Å². The highest BCUT2D eigenvalue weighted by molar-refractivity contribution is 5.87. The van der Waals surface area contributed by atoms with Crippen molar-refractivity contribution in [2.75, 3.05) is 6.54 Å². The van der Waals surface area contributed by atoms with E-state index < -0.39 is 12.1 Å². The molecule has 6 nitrogen and oxygen atoms in total. The third-order valence-electron chi connectivity index (χ3n) is 3.03. The molecule has 1 unspecified atom stereocenters. The van der Waals surface area contributed by atoms with E-state index in [4.69, 9.17) is 0 Å². The molecule has 0 aromatic heterocycles. The standard InChI is InChI=1S/C16H24N4O2/c1-3-11-18-20-16(22)19-14(4-2)15(21)17-12-10-13-8-6-5-7-9-13/h5-9,11,14H,3-4,10,12H2,1-2H3,(H,17,21)(H2,19,20,22)/b18-11-. The number of benzene rings is 1. The first-order chi connectivity index (χ1) is 10.7. The van der Waals surface area contributed by atoms with Crippen LogP contribution in [0.3, 0.4) is 0 Å². The lowest BCUT2D eigenvalue weighted by Gasteiger charge is -2.16. The molecule has 120 valence electrons. The van der Waals surface area contributed by atoms with Gasteiger partial charge in [-0.1, -0.05) is 44.2 Å². The normalized spacial score (nSPS) is 11.9. The van der Waals surface area contributed by atoms with E-state index in [1.807, 2.05) is 44.2 Å². The van der Waals surface area contributed by atoms with Gasteiger partial charge in [0.25, 0.3) is 0 Å². The summed E-state index contributed by atoms with van der Waals surface area (Å²) in [6.45, 7) is 4.30. The van der Waals surface area contributed by atoms with Crippen molar-refractivity contribution in [3.05, 3.63) is 35.9 Å². The Kier molecular flexibility index (Phi) is 8.33. The number of urea groups is 1. The minimum absolute atomic E-state index is 0.187. The second kappa shape index (κ2) is 10.4. The number of hydrogen-bond donors (Lipinski definition) is 3. The van der Waals surface area contributed by atoms with E-state index in [1.165, 1.54) is 0 Å². The number of carbonyl (C=O) groups excluding carboxylic acids is 2. The van der Waals surface area contributed by atoms with Crippen LogP contribution >= 0.6 is 0 Å². The van der Waals surface area contributed by atoms with Gasteiger partial charge in [0.1, 0.15) is 6.04 Å². The molecule has 0 heterocycles. The summed E-state index contributed by atoms with van der Waals surface area (Å²) in [7, 11) is 0. The SMILES string of the molecule is CC/C=N\NC(=O)NC(CC)C(=O)NCCc1ccccc1. The van der Waals surface area contributed by atoms with E-state index in [0.29, 0.717) is 13.0 Å². The molecular weight excluding hydrogens is 280 g/mol. The zero-order valence-electron chi connectivity index (χ0n) is 13.1. The highest BCUT2D eigenvalue weighted by Gasteiger charge is 2.17. The molecule has 1 rings (SSSR count). The van der Waals surface area contributed by atoms with Gasteiger partial charge in [-0.2, -0.15) is 5.10 Å². The minimum atomic E-state index is -0.562. The Hall–Kier alpha value is -2.37. The molecule has 0 aliphatic rings. The van der Waals surface area contributed by atoms with Crippen molar-refractivity contribution in [1.82, 2.24) is 16.1 Å². The molecule has 1 aromatic carbocycles. The van der Waals surface area contributed by atoms with Crippen molar-refractivity contribution >= 4 is 18.2 Å². The predicted molar refractivity (Wildman–Crippen MR) is 87.7 cm³/mol. The van der Waals surface area contributed by atoms with E-state index >= 15 is 0 Å². The number of rotatable bonds is 8. The van der Waals surface area contributed by atoms with Crippen LogP contribution in [0.1, 0.15) is 32.3 Å². The highest BCUT2D eigenvalue weighted by Crippen LogP contribution is 1.98. The van der Waals surface area contributed by atoms with E-state index in [2.05, 4.69) is 21.2 Å². The maximum absolute atomic E-state index is 12.0. The Balaban J connectivity index is 2.34. The van der Waals surface area contributed by atoms with Crippen LogP contribution in [0.15, 0.2) is 35.4 Å². The maximum Gasteiger partial charge on any atom is 0.335 e. The average Bonchev–Trinajstić information content (AvgIpc) is 2.53. The van der Waals surface area contributed by atoms with Crippen molar-refractivity contribution < 1.29 is 9.59 Å². The van der Waals surface area contributed by atoms with Crippen molar-refractivity contribution in [2.45, 2.75) is 39.2 Å². The number of hydrogen-bond acceptors (Lipinski definition) is 3. The summed E-state index contributed by atoms with van der Waals surface area (Å²) in [5.74, 6) is -0.187. The predicted octanol–water partition coefficient (Wildman–Crippen LogP) is 1.82. The number of amides is 3. The fourth-order valence-corrected chi connectivity index (χ4v) is 1.84. The fraction of sp³-hybridized carbons (Fsp3) is 0.438. The molecule has 3 amide bonds. The number of carbonyl (C=O) groups is 2. The molecule has 0 radical (unpaired) electrons. The van der Waals surface area contributed by atoms with Crippen LogP contribution in [-0.4, -0.2) is 30.7 Å². The zero-order chi connectivity index (χ0) is 16.2. The largest absolute Gasteiger partial charge is 0.354 e. The van der Waals surface area contributed by atoms with E-state index in [0.717, 1.165) is 18.4 Å². The number of hydrazone groups is 1. The lowest BCUT2D eigenvalue weighted by atomic mass is 10.1. The molecular formula is C16H24N4O2. The Morgan fingerprint density at radius 1 is 1.23 bits per heavy atom. The number of nitrogens with zero attached hydrogens (tertiary/aromatic N) is 1. The summed E-state index contributed by atoms with van der Waals surface area (Å²) in [6, 6.07) is 8.88. The lowest BCUT2D eigenvalue weighted by molar-refractivity contribution is -0.122. The second-order valence-electron chi connectivity index (χ2n) is 4.79. The summed E-state index contributed by atoms with van der Waals surface area (Å²) >= 11 is 0. The van der Waals surface area contributed by atoms with Crippen LogP contribution in [0, 0.1) is 0 Å². The van der Waals surface area contributed by atoms with Crippen LogP contribution in [0.5, 0.6) is 0 Å². The van der Waals surface area contributed by atoms with Crippen LogP contribution in [0.4, 0.5) is 4.79 Å². The summed E-state index contributed by atoms with van der Waals surface area (Å²) in [4.78, 5) is 23.6. The maximum atomic E-state index is 12.0. The third-order valence-corrected chi connectivity index (χ3v) is 3.03. The molecule has 0 aliphatic heterocycles. The van der Waals surface area contributed by atoms with Crippen molar-refractivity contribution in [2.24, 2.45) is 5.10 Å². The fourth-order valence-electron chi connectivity index (χ4n) is 1.84. The monoisotopic (exact) mass is 304 g/mol. The van der Waals surface area contributed by atoms with Crippen LogP contribution in [0.25, 0.3) is 0 Å². The highest BCUT2D eigenvalue weighted by atomic mass is 16.2. The Labute approximate surface area is 131 Å². The Morgan fingerprint density at radius 2 is 1.95 bits per heavy atom. The van der Waals surface area contributed by atoms with Crippen molar-refractivity contribution in [3.63, 3.8) is 0 Å². The summed E-state index contributed by atoms with van der Waals surface area (Å²) in [5.41, 5.74) is 3.49. The van der Waals surface area contributed by atoms with Crippen molar-refractivity contribution in [3.8, 4) is 0 Å². The summed E-state index contributed by atoms with van der Waals surface area (Å²) < 4.78 is 0. The molecule has 1 atom stereocenters. The smallest absolute Gasteiger partial charge is 0.335 e. The van der Waals surface area contributed by atoms with E-state index in [1.54, 1.807) is 6.21 Å². The first-order valence-electron chi connectivity index (χ1n) is 7.57. The quantitative estimate of drug-likeness (QED) is 0.506. The van der Waals surface area contributed by atoms with Crippen LogP contribution < -0.4 is 16.1 Å². The van der Waals surface area contributed by atoms with Crippen LogP contribution in [-0.2, 0) is 11.2 Å². The molecule has 0 aliphatic carbocycles. The summed E-state index contributed by atoms with van der Waals surface area (Å²) in [6.07, 6.45) is 3.59. The first kappa shape index (κ1) is 17.7. The Bertz CT molecular complexity index is 488. The second-order valence-corrected chi connectivity index (χ2v) is 4.79. The minimum Gasteiger partial charge on any atom is -0.354 e. The van der Waals surface area contributed by atoms with Gasteiger partial charge in [0.15, 0.2) is 0 Å². The van der Waals surface area contributed by atoms with Crippen LogP contribution in [0.2, 0.25) is 0 Å². The molecule has 22 heavy (non-hydrogen) atoms. The molecule has 0 bridgehead atoms. The summed E-state index contributed by atoms with van der Waals surface area (Å²) in [5, 5.41) is 9.15. The lowest BCUT2D eigenvalue weighted by Crippen LogP contribution is -2.49. The average molecular weight is 304 g/mol. The Morgan fingerprint density at radius 3 is 2.59 bits per heavy atom. The molecule has 6 heteroatoms. The molecule has 0 spiro atoms. The molecule has 0 fully saturated rings. The van der Waals surface area contributed by atoms with E-state index in [-0.39, 0.29) is 5.91 Å². The zero-order valence-corrected chi connectivity index (χ0v) is 13.1. The molecule has 0 saturated heterocycles. The van der Waals surface area contributed by atoms with Gasteiger partial charge < -0.3 is 10.6 Å². The molecule has 1 aromatic rings. The van der Waals surface area contributed by atoms with E-state index in [9.17, 15) is 9.59 Å². The molecule has 3 N–H and O–H groups in total. The first-order valence-corrected chi connectivity index (χ1v) is 7.57.